The molecule has 5 nitrogen and oxygen atoms in total. The van der Waals surface area contributed by atoms with E-state index in [1.54, 1.807) is 11.3 Å². The Balaban J connectivity index is 1.36. The van der Waals surface area contributed by atoms with Gasteiger partial charge in [-0.05, 0) is 43.2 Å². The molecule has 6 heteroatoms. The Labute approximate surface area is 167 Å². The van der Waals surface area contributed by atoms with Gasteiger partial charge in [0.05, 0.1) is 11.0 Å². The predicted octanol–water partition coefficient (Wildman–Crippen LogP) is 4.19. The maximum Gasteiger partial charge on any atom is 0.208 e. The molecule has 28 heavy (non-hydrogen) atoms. The summed E-state index contributed by atoms with van der Waals surface area (Å²) in [6.45, 7) is 4.64. The molecule has 140 valence electrons. The number of fused-ring (bicyclic) bond motifs is 6. The van der Waals surface area contributed by atoms with Crippen molar-refractivity contribution >= 4 is 38.3 Å². The highest BCUT2D eigenvalue weighted by molar-refractivity contribution is 7.18. The number of benzene rings is 2. The van der Waals surface area contributed by atoms with Gasteiger partial charge in [0, 0.05) is 48.6 Å². The fourth-order valence-corrected chi connectivity index (χ4v) is 5.44. The van der Waals surface area contributed by atoms with Gasteiger partial charge in [0.1, 0.15) is 5.01 Å². The van der Waals surface area contributed by atoms with Crippen LogP contribution in [-0.2, 0) is 0 Å². The first kappa shape index (κ1) is 16.4. The average Bonchev–Trinajstić information content (AvgIpc) is 3.04. The van der Waals surface area contributed by atoms with Crippen LogP contribution in [0.5, 0.6) is 0 Å². The number of para-hydroxylation sites is 1. The minimum Gasteiger partial charge on any atom is -0.342 e. The molecule has 0 spiro atoms. The summed E-state index contributed by atoms with van der Waals surface area (Å²) >= 11 is 1.72. The molecule has 0 aliphatic carbocycles. The van der Waals surface area contributed by atoms with Gasteiger partial charge in [-0.3, -0.25) is 0 Å². The zero-order valence-corrected chi connectivity index (χ0v) is 16.4. The second kappa shape index (κ2) is 6.50. The number of hydrogen-bond donors (Lipinski definition) is 0. The third-order valence-electron chi connectivity index (χ3n) is 6.08. The molecule has 2 aromatic heterocycles. The van der Waals surface area contributed by atoms with Gasteiger partial charge < -0.3 is 9.80 Å². The first-order valence-electron chi connectivity index (χ1n) is 9.96. The van der Waals surface area contributed by atoms with Crippen LogP contribution < -0.4 is 4.90 Å². The van der Waals surface area contributed by atoms with E-state index in [0.29, 0.717) is 6.04 Å². The zero-order chi connectivity index (χ0) is 18.5. The minimum absolute atomic E-state index is 0.617. The molecule has 0 N–H and O–H groups in total. The second-order valence-electron chi connectivity index (χ2n) is 7.74. The minimum atomic E-state index is 0.617. The van der Waals surface area contributed by atoms with Crippen molar-refractivity contribution in [3.05, 3.63) is 48.5 Å². The van der Waals surface area contributed by atoms with Crippen LogP contribution in [0.15, 0.2) is 48.5 Å². The molecule has 0 amide bonds. The van der Waals surface area contributed by atoms with Crippen LogP contribution in [-0.4, -0.2) is 52.3 Å². The van der Waals surface area contributed by atoms with Crippen molar-refractivity contribution in [1.29, 1.82) is 0 Å². The lowest BCUT2D eigenvalue weighted by Gasteiger charge is -2.30. The monoisotopic (exact) mass is 387 g/mol. The van der Waals surface area contributed by atoms with Gasteiger partial charge in [0.15, 0.2) is 0 Å². The molecule has 7 rings (SSSR count). The van der Waals surface area contributed by atoms with E-state index >= 15 is 0 Å². The van der Waals surface area contributed by atoms with Crippen LogP contribution in [0.3, 0.4) is 0 Å². The van der Waals surface area contributed by atoms with Gasteiger partial charge in [-0.2, -0.15) is 0 Å². The molecule has 0 unspecified atom stereocenters. The summed E-state index contributed by atoms with van der Waals surface area (Å²) in [5.74, 6) is 0. The Morgan fingerprint density at radius 2 is 1.68 bits per heavy atom. The normalized spacial score (nSPS) is 22.1. The third kappa shape index (κ3) is 2.75. The zero-order valence-electron chi connectivity index (χ0n) is 15.6. The largest absolute Gasteiger partial charge is 0.342 e. The van der Waals surface area contributed by atoms with E-state index in [9.17, 15) is 0 Å². The van der Waals surface area contributed by atoms with E-state index in [-0.39, 0.29) is 0 Å². The first-order valence-corrected chi connectivity index (χ1v) is 10.8. The Kier molecular flexibility index (Phi) is 3.80. The van der Waals surface area contributed by atoms with E-state index in [1.165, 1.54) is 31.3 Å². The summed E-state index contributed by atoms with van der Waals surface area (Å²) in [5.41, 5.74) is 3.18. The molecule has 2 aromatic carbocycles. The summed E-state index contributed by atoms with van der Waals surface area (Å²) in [6, 6.07) is 17.5. The van der Waals surface area contributed by atoms with E-state index in [0.717, 1.165) is 45.2 Å². The van der Waals surface area contributed by atoms with Crippen LogP contribution in [0.1, 0.15) is 12.8 Å². The summed E-state index contributed by atoms with van der Waals surface area (Å²) in [7, 11) is 0. The van der Waals surface area contributed by atoms with Crippen LogP contribution >= 0.6 is 11.3 Å². The molecule has 0 atom stereocenters. The molecular weight excluding hydrogens is 366 g/mol. The maximum absolute atomic E-state index is 4.78. The molecule has 4 aromatic rings. The van der Waals surface area contributed by atoms with Crippen molar-refractivity contribution in [3.8, 4) is 10.6 Å². The lowest BCUT2D eigenvalue weighted by molar-refractivity contribution is 0.250. The summed E-state index contributed by atoms with van der Waals surface area (Å²) < 4.78 is 0. The molecule has 3 aliphatic heterocycles. The van der Waals surface area contributed by atoms with Gasteiger partial charge in [0.2, 0.25) is 5.13 Å². The van der Waals surface area contributed by atoms with E-state index < -0.39 is 0 Å². The van der Waals surface area contributed by atoms with Crippen molar-refractivity contribution < 1.29 is 0 Å². The topological polar surface area (TPSA) is 45.2 Å². The lowest BCUT2D eigenvalue weighted by Crippen LogP contribution is -2.37. The molecule has 3 saturated heterocycles. The number of pyridine rings is 1. The van der Waals surface area contributed by atoms with Gasteiger partial charge in [-0.15, -0.1) is 10.2 Å². The third-order valence-corrected chi connectivity index (χ3v) is 7.09. The second-order valence-corrected chi connectivity index (χ2v) is 8.70. The number of rotatable bonds is 2. The average molecular weight is 388 g/mol. The van der Waals surface area contributed by atoms with Crippen molar-refractivity contribution in [2.75, 3.05) is 31.1 Å². The fourth-order valence-electron chi connectivity index (χ4n) is 4.50. The van der Waals surface area contributed by atoms with E-state index in [1.807, 2.05) is 6.07 Å². The smallest absolute Gasteiger partial charge is 0.208 e. The van der Waals surface area contributed by atoms with Gasteiger partial charge in [-0.1, -0.05) is 29.5 Å². The molecule has 2 bridgehead atoms. The van der Waals surface area contributed by atoms with Gasteiger partial charge >= 0.3 is 0 Å². The Morgan fingerprint density at radius 3 is 2.61 bits per heavy atom. The van der Waals surface area contributed by atoms with Gasteiger partial charge in [-0.25, -0.2) is 4.98 Å². The summed E-state index contributed by atoms with van der Waals surface area (Å²) in [4.78, 5) is 9.84. The summed E-state index contributed by atoms with van der Waals surface area (Å²) in [6.07, 6.45) is 2.48. The van der Waals surface area contributed by atoms with Crippen molar-refractivity contribution in [3.63, 3.8) is 0 Å². The highest BCUT2D eigenvalue weighted by Crippen LogP contribution is 2.34. The highest BCUT2D eigenvalue weighted by Gasteiger charge is 2.30. The van der Waals surface area contributed by atoms with Crippen LogP contribution in [0.2, 0.25) is 0 Å². The summed E-state index contributed by atoms with van der Waals surface area (Å²) in [5, 5.41) is 13.5. The van der Waals surface area contributed by atoms with Gasteiger partial charge in [0.25, 0.3) is 0 Å². The number of piperidine rings is 1. The van der Waals surface area contributed by atoms with Crippen molar-refractivity contribution in [2.24, 2.45) is 0 Å². The highest BCUT2D eigenvalue weighted by atomic mass is 32.1. The van der Waals surface area contributed by atoms with Crippen LogP contribution in [0.25, 0.3) is 32.4 Å². The SMILES string of the molecule is c1ccc2nc3ccc(-c4nnc(N5CCN6CCC5CC6)s4)cc3cc2c1. The number of aromatic nitrogens is 3. The number of hydrogen-bond acceptors (Lipinski definition) is 6. The molecular formula is C22H21N5S. The van der Waals surface area contributed by atoms with Crippen LogP contribution in [0.4, 0.5) is 5.13 Å². The van der Waals surface area contributed by atoms with E-state index in [2.05, 4.69) is 62.5 Å². The first-order chi connectivity index (χ1) is 13.8. The number of nitrogens with zero attached hydrogens (tertiary/aromatic N) is 5. The van der Waals surface area contributed by atoms with Crippen LogP contribution in [0, 0.1) is 0 Å². The van der Waals surface area contributed by atoms with E-state index in [4.69, 9.17) is 4.98 Å². The Hall–Kier alpha value is -2.57. The molecule has 0 saturated carbocycles. The molecule has 0 radical (unpaired) electrons. The quantitative estimate of drug-likeness (QED) is 0.483. The molecule has 3 fully saturated rings. The van der Waals surface area contributed by atoms with Crippen molar-refractivity contribution in [2.45, 2.75) is 18.9 Å². The maximum atomic E-state index is 4.78. The fraction of sp³-hybridized carbons (Fsp3) is 0.318. The lowest BCUT2D eigenvalue weighted by atomic mass is 10.1. The predicted molar refractivity (Wildman–Crippen MR) is 115 cm³/mol. The Morgan fingerprint density at radius 1 is 0.821 bits per heavy atom. The molecule has 5 heterocycles. The number of anilines is 1. The standard InChI is InChI=1S/C22H21N5S/c1-2-4-19-15(3-1)13-17-14-16(5-6-20(17)23-19)21-24-25-22(28-21)27-12-11-26-9-7-18(27)8-10-26/h1-6,13-14,18H,7-12H2. The molecule has 3 aliphatic rings. The van der Waals surface area contributed by atoms with Crippen molar-refractivity contribution in [1.82, 2.24) is 20.1 Å². The Bertz CT molecular complexity index is 1160.